The average molecular weight is 800 g/mol. The van der Waals surface area contributed by atoms with E-state index in [1.165, 1.54) is 30.7 Å². The molecule has 5 rings (SSSR count). The molecule has 0 bridgehead atoms. The van der Waals surface area contributed by atoms with E-state index in [1.807, 2.05) is 0 Å². The third-order valence-electron chi connectivity index (χ3n) is 10.6. The van der Waals surface area contributed by atoms with Crippen molar-refractivity contribution in [1.82, 2.24) is 36.1 Å². The topological polar surface area (TPSA) is 189 Å². The van der Waals surface area contributed by atoms with Gasteiger partial charge in [0.1, 0.15) is 35.7 Å². The zero-order valence-corrected chi connectivity index (χ0v) is 32.7. The molecule has 3 aliphatic rings. The fourth-order valence-corrected chi connectivity index (χ4v) is 7.37. The van der Waals surface area contributed by atoms with Crippen LogP contribution in [-0.4, -0.2) is 93.0 Å². The number of likely N-dealkylation sites (tertiary alicyclic amines) is 1. The van der Waals surface area contributed by atoms with Gasteiger partial charge in [0.05, 0.1) is 24.3 Å². The van der Waals surface area contributed by atoms with Crippen LogP contribution in [0.3, 0.4) is 0 Å². The number of amides is 5. The van der Waals surface area contributed by atoms with Gasteiger partial charge >= 0.3 is 6.18 Å². The number of ketones is 1. The fraction of sp³-hybridized carbons (Fsp3) is 0.600. The first-order chi connectivity index (χ1) is 27.0. The largest absolute Gasteiger partial charge is 0.488 e. The number of rotatable bonds is 15. The molecule has 5 amide bonds. The van der Waals surface area contributed by atoms with Crippen molar-refractivity contribution in [2.24, 2.45) is 11.3 Å². The van der Waals surface area contributed by atoms with Crippen molar-refractivity contribution in [1.29, 1.82) is 0 Å². The molecule has 2 aromatic rings. The molecule has 0 spiro atoms. The number of ether oxygens (including phenoxy) is 1. The quantitative estimate of drug-likeness (QED) is 0.194. The standard InChI is InChI=1S/C40H52F3N7O7/c1-5-11-27(32(51)37(55)46-24-16-17-24)47-35(53)29-20-25(57-30-15-10-9-14-26(30)40(41,42)43)22-50(29)38(56)33(39(2,3)4)49-36(54)31(23-12-7-6-8-13-23)48-34(52)28-21-44-18-19-45-28/h9-10,14-15,18-19,21,23-25,27,29,31,33H,5-8,11-13,16-17,20,22H2,1-4H3,(H,46,55)(H,47,53)(H,48,52)(H,49,54)/t25-,27+,29?,31+,33-/m1/s1. The Morgan fingerprint density at radius 2 is 1.63 bits per heavy atom. The smallest absolute Gasteiger partial charge is 0.419 e. The molecule has 2 saturated carbocycles. The van der Waals surface area contributed by atoms with E-state index in [0.29, 0.717) is 19.3 Å². The number of Topliss-reactive ketones (excluding diaryl/α,β-unsaturated/α-hetero) is 1. The Kier molecular flexibility index (Phi) is 13.9. The van der Waals surface area contributed by atoms with Gasteiger partial charge in [-0.2, -0.15) is 13.2 Å². The maximum atomic E-state index is 14.8. The highest BCUT2D eigenvalue weighted by atomic mass is 19.4. The van der Waals surface area contributed by atoms with Crippen molar-refractivity contribution < 1.29 is 46.7 Å². The second-order valence-corrected chi connectivity index (χ2v) is 16.2. The number of carbonyl (C=O) groups excluding carboxylic acids is 6. The van der Waals surface area contributed by atoms with Gasteiger partial charge in [0.15, 0.2) is 0 Å². The molecule has 3 fully saturated rings. The first-order valence-corrected chi connectivity index (χ1v) is 19.6. The minimum Gasteiger partial charge on any atom is -0.488 e. The first-order valence-electron chi connectivity index (χ1n) is 19.6. The van der Waals surface area contributed by atoms with E-state index >= 15 is 0 Å². The molecular weight excluding hydrogens is 747 g/mol. The Morgan fingerprint density at radius 1 is 0.930 bits per heavy atom. The number of hydrogen-bond donors (Lipinski definition) is 4. The van der Waals surface area contributed by atoms with Crippen LogP contribution in [0.15, 0.2) is 42.9 Å². The molecule has 4 N–H and O–H groups in total. The number of nitrogens with zero attached hydrogens (tertiary/aromatic N) is 3. The third kappa shape index (κ3) is 11.3. The van der Waals surface area contributed by atoms with Gasteiger partial charge in [-0.1, -0.05) is 65.5 Å². The molecule has 2 heterocycles. The van der Waals surface area contributed by atoms with Crippen molar-refractivity contribution in [3.8, 4) is 5.75 Å². The van der Waals surface area contributed by atoms with Crippen molar-refractivity contribution in [3.63, 3.8) is 0 Å². The van der Waals surface area contributed by atoms with Crippen molar-refractivity contribution >= 4 is 35.3 Å². The maximum absolute atomic E-state index is 14.8. The van der Waals surface area contributed by atoms with Crippen LogP contribution >= 0.6 is 0 Å². The van der Waals surface area contributed by atoms with E-state index in [9.17, 15) is 41.9 Å². The molecule has 17 heteroatoms. The van der Waals surface area contributed by atoms with Crippen LogP contribution in [0.25, 0.3) is 0 Å². The van der Waals surface area contributed by atoms with Gasteiger partial charge in [-0.15, -0.1) is 0 Å². The van der Waals surface area contributed by atoms with Gasteiger partial charge in [-0.25, -0.2) is 4.98 Å². The monoisotopic (exact) mass is 799 g/mol. The first kappa shape index (κ1) is 43.0. The van der Waals surface area contributed by atoms with Crippen LogP contribution in [0.2, 0.25) is 0 Å². The number of nitrogens with one attached hydrogen (secondary N) is 4. The van der Waals surface area contributed by atoms with E-state index in [2.05, 4.69) is 31.2 Å². The summed E-state index contributed by atoms with van der Waals surface area (Å²) in [6.45, 7) is 6.55. The summed E-state index contributed by atoms with van der Waals surface area (Å²) >= 11 is 0. The van der Waals surface area contributed by atoms with E-state index < -0.39 is 88.5 Å². The van der Waals surface area contributed by atoms with Crippen LogP contribution in [0, 0.1) is 11.3 Å². The number of para-hydroxylation sites is 1. The van der Waals surface area contributed by atoms with Crippen LogP contribution < -0.4 is 26.0 Å². The van der Waals surface area contributed by atoms with Crippen LogP contribution in [-0.2, 0) is 30.1 Å². The number of aromatic nitrogens is 2. The predicted molar refractivity (Wildman–Crippen MR) is 200 cm³/mol. The lowest BCUT2D eigenvalue weighted by atomic mass is 9.82. The SMILES string of the molecule is CCC[C@H](NC(=O)C1C[C@@H](Oc2ccccc2C(F)(F)F)CN1C(=O)[C@@H](NC(=O)[C@@H](NC(=O)c1cnccn1)C1CCCCC1)C(C)(C)C)C(=O)C(=O)NC1CC1. The van der Waals surface area contributed by atoms with Gasteiger partial charge in [-0.3, -0.25) is 33.8 Å². The zero-order valence-electron chi connectivity index (χ0n) is 32.7. The highest BCUT2D eigenvalue weighted by molar-refractivity contribution is 6.38. The molecule has 1 aliphatic heterocycles. The molecule has 57 heavy (non-hydrogen) atoms. The molecule has 2 aliphatic carbocycles. The zero-order chi connectivity index (χ0) is 41.5. The summed E-state index contributed by atoms with van der Waals surface area (Å²) in [4.78, 5) is 91.4. The van der Waals surface area contributed by atoms with Gasteiger partial charge in [0, 0.05) is 24.9 Å². The lowest BCUT2D eigenvalue weighted by molar-refractivity contribution is -0.145. The number of alkyl halides is 3. The average Bonchev–Trinajstić information content (AvgIpc) is 3.90. The Morgan fingerprint density at radius 3 is 2.25 bits per heavy atom. The summed E-state index contributed by atoms with van der Waals surface area (Å²) in [5, 5.41) is 10.9. The minimum atomic E-state index is -4.75. The molecule has 310 valence electrons. The van der Waals surface area contributed by atoms with Gasteiger partial charge < -0.3 is 30.9 Å². The predicted octanol–water partition coefficient (Wildman–Crippen LogP) is 3.89. The molecule has 1 aromatic heterocycles. The second kappa shape index (κ2) is 18.4. The molecule has 0 radical (unpaired) electrons. The Balaban J connectivity index is 1.43. The normalized spacial score (nSPS) is 20.4. The number of hydrogen-bond acceptors (Lipinski definition) is 9. The van der Waals surface area contributed by atoms with Crippen molar-refractivity contribution in [2.75, 3.05) is 6.54 Å². The highest BCUT2D eigenvalue weighted by Crippen LogP contribution is 2.38. The molecule has 1 unspecified atom stereocenters. The minimum absolute atomic E-state index is 0.00324. The number of carbonyl (C=O) groups is 6. The van der Waals surface area contributed by atoms with Gasteiger partial charge in [0.25, 0.3) is 11.8 Å². The molecule has 1 aromatic carbocycles. The molecule has 14 nitrogen and oxygen atoms in total. The fourth-order valence-electron chi connectivity index (χ4n) is 7.37. The molecular formula is C40H52F3N7O7. The Hall–Kier alpha value is -5.09. The lowest BCUT2D eigenvalue weighted by Gasteiger charge is -2.37. The summed E-state index contributed by atoms with van der Waals surface area (Å²) in [5.74, 6) is -5.21. The van der Waals surface area contributed by atoms with E-state index in [-0.39, 0.29) is 37.0 Å². The summed E-state index contributed by atoms with van der Waals surface area (Å²) in [5.41, 5.74) is -2.02. The van der Waals surface area contributed by atoms with Gasteiger partial charge in [0.2, 0.25) is 23.5 Å². The number of benzene rings is 1. The number of halogens is 3. The van der Waals surface area contributed by atoms with Gasteiger partial charge in [-0.05, 0) is 55.6 Å². The Labute approximate surface area is 329 Å². The molecule has 5 atom stereocenters. The van der Waals surface area contributed by atoms with Crippen LogP contribution in [0.1, 0.15) is 108 Å². The van der Waals surface area contributed by atoms with E-state index in [0.717, 1.165) is 49.1 Å². The second-order valence-electron chi connectivity index (χ2n) is 16.2. The third-order valence-corrected chi connectivity index (χ3v) is 10.6. The van der Waals surface area contributed by atoms with Crippen molar-refractivity contribution in [2.45, 2.75) is 134 Å². The van der Waals surface area contributed by atoms with Crippen LogP contribution in [0.4, 0.5) is 13.2 Å². The van der Waals surface area contributed by atoms with E-state index in [1.54, 1.807) is 27.7 Å². The Bertz CT molecular complexity index is 1780. The highest BCUT2D eigenvalue weighted by Gasteiger charge is 2.48. The maximum Gasteiger partial charge on any atom is 0.419 e. The summed E-state index contributed by atoms with van der Waals surface area (Å²) in [6, 6.07) is -0.431. The van der Waals surface area contributed by atoms with E-state index in [4.69, 9.17) is 4.74 Å². The summed E-state index contributed by atoms with van der Waals surface area (Å²) in [7, 11) is 0. The lowest BCUT2D eigenvalue weighted by Crippen LogP contribution is -2.62. The summed E-state index contributed by atoms with van der Waals surface area (Å²) in [6.07, 6.45) is 3.88. The van der Waals surface area contributed by atoms with Crippen molar-refractivity contribution in [3.05, 3.63) is 54.1 Å². The summed E-state index contributed by atoms with van der Waals surface area (Å²) < 4.78 is 47.7. The van der Waals surface area contributed by atoms with Crippen LogP contribution in [0.5, 0.6) is 5.75 Å². The molecule has 1 saturated heterocycles.